The largest absolute Gasteiger partial charge is 0.396 e. The lowest BCUT2D eigenvalue weighted by molar-refractivity contribution is -0.386. The van der Waals surface area contributed by atoms with Gasteiger partial charge in [-0.2, -0.15) is 0 Å². The molecule has 1 fully saturated rings. The molecule has 0 aromatic heterocycles. The second kappa shape index (κ2) is 6.70. The number of rotatable bonds is 5. The molecule has 1 aromatic carbocycles. The highest BCUT2D eigenvalue weighted by atomic mass is 16.5. The normalized spacial score (nSPS) is 28.6. The summed E-state index contributed by atoms with van der Waals surface area (Å²) < 4.78 is 5.95. The van der Waals surface area contributed by atoms with E-state index in [9.17, 15) is 5.11 Å². The van der Waals surface area contributed by atoms with Crippen molar-refractivity contribution in [3.05, 3.63) is 35.9 Å². The summed E-state index contributed by atoms with van der Waals surface area (Å²) in [7, 11) is 0. The Kier molecular flexibility index (Phi) is 5.19. The lowest BCUT2D eigenvalue weighted by Gasteiger charge is -2.46. The molecule has 3 unspecified atom stereocenters. The van der Waals surface area contributed by atoms with Crippen molar-refractivity contribution < 1.29 is 15.6 Å². The van der Waals surface area contributed by atoms with E-state index in [0.29, 0.717) is 5.92 Å². The SMILES string of the molecule is CC(C)C1CC(c2ccccc2)(C(C[NH3+])CO)CCO1. The predicted molar refractivity (Wildman–Crippen MR) is 80.3 cm³/mol. The molecule has 1 aliphatic heterocycles. The predicted octanol–water partition coefficient (Wildman–Crippen LogP) is 1.61. The zero-order valence-electron chi connectivity index (χ0n) is 12.7. The van der Waals surface area contributed by atoms with Gasteiger partial charge in [0.05, 0.1) is 19.3 Å². The van der Waals surface area contributed by atoms with Gasteiger partial charge in [-0.25, -0.2) is 0 Å². The maximum Gasteiger partial charge on any atom is 0.0799 e. The van der Waals surface area contributed by atoms with E-state index in [1.165, 1.54) is 5.56 Å². The van der Waals surface area contributed by atoms with E-state index in [1.54, 1.807) is 0 Å². The van der Waals surface area contributed by atoms with Gasteiger partial charge in [0.2, 0.25) is 0 Å². The van der Waals surface area contributed by atoms with Crippen molar-refractivity contribution in [1.29, 1.82) is 0 Å². The van der Waals surface area contributed by atoms with E-state index in [2.05, 4.69) is 49.9 Å². The minimum absolute atomic E-state index is 0.00491. The van der Waals surface area contributed by atoms with Crippen LogP contribution >= 0.6 is 0 Å². The van der Waals surface area contributed by atoms with Gasteiger partial charge in [-0.15, -0.1) is 0 Å². The number of ether oxygens (including phenoxy) is 1. The fourth-order valence-electron chi connectivity index (χ4n) is 3.52. The van der Waals surface area contributed by atoms with Gasteiger partial charge in [-0.05, 0) is 24.3 Å². The molecular formula is C17H28NO2+. The second-order valence-electron chi connectivity index (χ2n) is 6.30. The van der Waals surface area contributed by atoms with Crippen LogP contribution in [-0.4, -0.2) is 31.0 Å². The summed E-state index contributed by atoms with van der Waals surface area (Å²) >= 11 is 0. The molecule has 1 heterocycles. The van der Waals surface area contributed by atoms with Crippen LogP contribution < -0.4 is 5.73 Å². The third-order valence-electron chi connectivity index (χ3n) is 4.89. The number of aliphatic hydroxyl groups excluding tert-OH is 1. The van der Waals surface area contributed by atoms with Crippen LogP contribution in [0.5, 0.6) is 0 Å². The minimum Gasteiger partial charge on any atom is -0.396 e. The van der Waals surface area contributed by atoms with Crippen molar-refractivity contribution in [2.45, 2.75) is 38.2 Å². The lowest BCUT2D eigenvalue weighted by Crippen LogP contribution is -2.60. The highest BCUT2D eigenvalue weighted by molar-refractivity contribution is 5.28. The van der Waals surface area contributed by atoms with Crippen LogP contribution in [0.1, 0.15) is 32.3 Å². The Bertz CT molecular complexity index is 403. The Hall–Kier alpha value is -0.900. The lowest BCUT2D eigenvalue weighted by atomic mass is 9.63. The Morgan fingerprint density at radius 2 is 2.05 bits per heavy atom. The topological polar surface area (TPSA) is 57.1 Å². The van der Waals surface area contributed by atoms with Gasteiger partial charge >= 0.3 is 0 Å². The number of benzene rings is 1. The zero-order chi connectivity index (χ0) is 14.6. The summed E-state index contributed by atoms with van der Waals surface area (Å²) in [6, 6.07) is 10.6. The van der Waals surface area contributed by atoms with Crippen LogP contribution in [0.2, 0.25) is 0 Å². The minimum atomic E-state index is 0.00491. The number of hydrogen-bond donors (Lipinski definition) is 2. The first-order valence-corrected chi connectivity index (χ1v) is 7.71. The monoisotopic (exact) mass is 278 g/mol. The van der Waals surface area contributed by atoms with Crippen LogP contribution in [0.4, 0.5) is 0 Å². The Balaban J connectivity index is 2.39. The van der Waals surface area contributed by atoms with Crippen molar-refractivity contribution in [2.75, 3.05) is 19.8 Å². The van der Waals surface area contributed by atoms with E-state index in [4.69, 9.17) is 4.74 Å². The second-order valence-corrected chi connectivity index (χ2v) is 6.30. The number of hydrogen-bond acceptors (Lipinski definition) is 2. The molecule has 3 atom stereocenters. The molecule has 0 bridgehead atoms. The molecule has 3 heteroatoms. The molecule has 1 aliphatic rings. The maximum atomic E-state index is 9.85. The van der Waals surface area contributed by atoms with E-state index in [0.717, 1.165) is 26.0 Å². The van der Waals surface area contributed by atoms with Gasteiger partial charge in [0.1, 0.15) is 0 Å². The summed E-state index contributed by atoms with van der Waals surface area (Å²) in [5, 5.41) is 9.85. The molecule has 1 aromatic rings. The Morgan fingerprint density at radius 1 is 1.35 bits per heavy atom. The van der Waals surface area contributed by atoms with E-state index < -0.39 is 0 Å². The molecule has 20 heavy (non-hydrogen) atoms. The van der Waals surface area contributed by atoms with E-state index >= 15 is 0 Å². The summed E-state index contributed by atoms with van der Waals surface area (Å²) in [6.45, 7) is 6.15. The van der Waals surface area contributed by atoms with Crippen molar-refractivity contribution in [3.8, 4) is 0 Å². The highest BCUT2D eigenvalue weighted by Crippen LogP contribution is 2.44. The van der Waals surface area contributed by atoms with Crippen LogP contribution in [0.25, 0.3) is 0 Å². The van der Waals surface area contributed by atoms with Gasteiger partial charge in [0.25, 0.3) is 0 Å². The average molecular weight is 278 g/mol. The Morgan fingerprint density at radius 3 is 2.60 bits per heavy atom. The summed E-state index contributed by atoms with van der Waals surface area (Å²) in [5.41, 5.74) is 5.41. The molecule has 3 nitrogen and oxygen atoms in total. The van der Waals surface area contributed by atoms with E-state index in [1.807, 2.05) is 0 Å². The third kappa shape index (κ3) is 2.90. The molecule has 0 saturated carbocycles. The number of aliphatic hydroxyl groups is 1. The molecule has 2 rings (SSSR count). The van der Waals surface area contributed by atoms with Crippen molar-refractivity contribution in [1.82, 2.24) is 0 Å². The van der Waals surface area contributed by atoms with Crippen molar-refractivity contribution in [2.24, 2.45) is 11.8 Å². The summed E-state index contributed by atoms with van der Waals surface area (Å²) in [5.74, 6) is 0.706. The molecule has 0 radical (unpaired) electrons. The van der Waals surface area contributed by atoms with Gasteiger partial charge in [0.15, 0.2) is 0 Å². The fourth-order valence-corrected chi connectivity index (χ4v) is 3.52. The first-order chi connectivity index (χ1) is 9.64. The summed E-state index contributed by atoms with van der Waals surface area (Å²) in [4.78, 5) is 0. The molecule has 0 aliphatic carbocycles. The molecule has 4 N–H and O–H groups in total. The van der Waals surface area contributed by atoms with Gasteiger partial charge in [-0.1, -0.05) is 44.2 Å². The molecule has 1 saturated heterocycles. The Labute approximate surface area is 122 Å². The van der Waals surface area contributed by atoms with Crippen LogP contribution in [0, 0.1) is 11.8 Å². The van der Waals surface area contributed by atoms with Gasteiger partial charge < -0.3 is 15.6 Å². The fraction of sp³-hybridized carbons (Fsp3) is 0.647. The molecular weight excluding hydrogens is 250 g/mol. The van der Waals surface area contributed by atoms with Crippen LogP contribution in [0.15, 0.2) is 30.3 Å². The smallest absolute Gasteiger partial charge is 0.0799 e. The van der Waals surface area contributed by atoms with Gasteiger partial charge in [0, 0.05) is 17.9 Å². The third-order valence-corrected chi connectivity index (χ3v) is 4.89. The summed E-state index contributed by atoms with van der Waals surface area (Å²) in [6.07, 6.45) is 2.22. The standard InChI is InChI=1S/C17H27NO2/c1-13(2)16-10-17(8-9-20-16,15(11-18)12-19)14-6-4-3-5-7-14/h3-7,13,15-16,19H,8-12,18H2,1-2H3/p+1. The van der Waals surface area contributed by atoms with Crippen LogP contribution in [-0.2, 0) is 10.2 Å². The first kappa shape index (κ1) is 15.5. The molecule has 112 valence electrons. The highest BCUT2D eigenvalue weighted by Gasteiger charge is 2.45. The maximum absolute atomic E-state index is 9.85. The quantitative estimate of drug-likeness (QED) is 0.859. The first-order valence-electron chi connectivity index (χ1n) is 7.71. The zero-order valence-corrected chi connectivity index (χ0v) is 12.7. The average Bonchev–Trinajstić information content (AvgIpc) is 2.49. The van der Waals surface area contributed by atoms with Crippen LogP contribution in [0.3, 0.4) is 0 Å². The number of quaternary nitrogens is 1. The molecule has 0 spiro atoms. The van der Waals surface area contributed by atoms with Gasteiger partial charge in [-0.3, -0.25) is 0 Å². The van der Waals surface area contributed by atoms with E-state index in [-0.39, 0.29) is 24.0 Å². The van der Waals surface area contributed by atoms with Crippen molar-refractivity contribution in [3.63, 3.8) is 0 Å². The molecule has 0 amide bonds. The van der Waals surface area contributed by atoms with Crippen molar-refractivity contribution >= 4 is 0 Å².